The van der Waals surface area contributed by atoms with E-state index in [1.807, 2.05) is 32.0 Å². The third-order valence-corrected chi connectivity index (χ3v) is 4.08. The molecule has 0 saturated carbocycles. The van der Waals surface area contributed by atoms with Crippen LogP contribution in [0.3, 0.4) is 0 Å². The van der Waals surface area contributed by atoms with E-state index in [-0.39, 0.29) is 11.6 Å². The second-order valence-corrected chi connectivity index (χ2v) is 6.06. The molecule has 0 aliphatic carbocycles. The van der Waals surface area contributed by atoms with Gasteiger partial charge in [-0.3, -0.25) is 4.79 Å². The molecule has 1 aromatic heterocycles. The lowest BCUT2D eigenvalue weighted by Gasteiger charge is -2.11. The molecule has 0 saturated heterocycles. The van der Waals surface area contributed by atoms with Crippen LogP contribution in [0.15, 0.2) is 54.9 Å². The summed E-state index contributed by atoms with van der Waals surface area (Å²) >= 11 is 5.93. The first-order valence-corrected chi connectivity index (χ1v) is 8.13. The van der Waals surface area contributed by atoms with Crippen molar-refractivity contribution >= 4 is 34.7 Å². The molecular formula is C19H17ClN4O. The fourth-order valence-corrected chi connectivity index (χ4v) is 2.53. The average molecular weight is 353 g/mol. The Kier molecular flexibility index (Phi) is 4.95. The predicted octanol–water partition coefficient (Wildman–Crippen LogP) is 4.74. The number of hydrogen-bond acceptors (Lipinski definition) is 4. The number of nitrogens with one attached hydrogen (secondary N) is 2. The maximum Gasteiger partial charge on any atom is 0.274 e. The van der Waals surface area contributed by atoms with Crippen LogP contribution in [0.2, 0.25) is 5.02 Å². The molecule has 2 N–H and O–H groups in total. The standard InChI is InChI=1S/C19H17ClN4O/c1-12-5-3-8-16(13(12)2)24-18-10-17(21-11-22-18)19(25)23-15-7-4-6-14(20)9-15/h3-11H,1-2H3,(H,23,25)(H,21,22,24). The summed E-state index contributed by atoms with van der Waals surface area (Å²) in [6, 6.07) is 14.6. The van der Waals surface area contributed by atoms with Gasteiger partial charge < -0.3 is 10.6 Å². The van der Waals surface area contributed by atoms with Crippen molar-refractivity contribution in [1.82, 2.24) is 9.97 Å². The maximum absolute atomic E-state index is 12.4. The summed E-state index contributed by atoms with van der Waals surface area (Å²) in [6.07, 6.45) is 1.36. The number of nitrogens with zero attached hydrogens (tertiary/aromatic N) is 2. The summed E-state index contributed by atoms with van der Waals surface area (Å²) in [6.45, 7) is 4.08. The summed E-state index contributed by atoms with van der Waals surface area (Å²) < 4.78 is 0. The van der Waals surface area contributed by atoms with Crippen LogP contribution < -0.4 is 10.6 Å². The van der Waals surface area contributed by atoms with Gasteiger partial charge in [0.1, 0.15) is 17.8 Å². The monoisotopic (exact) mass is 352 g/mol. The zero-order valence-corrected chi connectivity index (χ0v) is 14.6. The van der Waals surface area contributed by atoms with Crippen molar-refractivity contribution in [3.63, 3.8) is 0 Å². The summed E-state index contributed by atoms with van der Waals surface area (Å²) in [5.74, 6) is 0.230. The van der Waals surface area contributed by atoms with Crippen LogP contribution in [0.5, 0.6) is 0 Å². The maximum atomic E-state index is 12.4. The Morgan fingerprint density at radius 1 is 1.04 bits per heavy atom. The van der Waals surface area contributed by atoms with Crippen molar-refractivity contribution in [3.05, 3.63) is 76.7 Å². The number of amides is 1. The third-order valence-electron chi connectivity index (χ3n) is 3.85. The van der Waals surface area contributed by atoms with E-state index >= 15 is 0 Å². The van der Waals surface area contributed by atoms with Crippen LogP contribution in [0.25, 0.3) is 0 Å². The van der Waals surface area contributed by atoms with Crippen LogP contribution >= 0.6 is 11.6 Å². The number of carbonyl (C=O) groups is 1. The van der Waals surface area contributed by atoms with E-state index in [0.29, 0.717) is 16.5 Å². The molecule has 1 amide bonds. The van der Waals surface area contributed by atoms with Crippen molar-refractivity contribution in [3.8, 4) is 0 Å². The Balaban J connectivity index is 1.79. The van der Waals surface area contributed by atoms with E-state index in [4.69, 9.17) is 11.6 Å². The second kappa shape index (κ2) is 7.32. The number of halogens is 1. The molecule has 0 bridgehead atoms. The molecule has 0 aliphatic rings. The second-order valence-electron chi connectivity index (χ2n) is 5.63. The first kappa shape index (κ1) is 16.9. The molecule has 1 heterocycles. The lowest BCUT2D eigenvalue weighted by Crippen LogP contribution is -2.14. The molecule has 0 spiro atoms. The molecule has 5 nitrogen and oxygen atoms in total. The number of rotatable bonds is 4. The SMILES string of the molecule is Cc1cccc(Nc2cc(C(=O)Nc3cccc(Cl)c3)ncn2)c1C. The van der Waals surface area contributed by atoms with Gasteiger partial charge in [0.15, 0.2) is 0 Å². The molecule has 2 aromatic carbocycles. The summed E-state index contributed by atoms with van der Waals surface area (Å²) in [5, 5.41) is 6.55. The Bertz CT molecular complexity index is 927. The van der Waals surface area contributed by atoms with Gasteiger partial charge in [0.25, 0.3) is 5.91 Å². The van der Waals surface area contributed by atoms with E-state index in [2.05, 4.69) is 20.6 Å². The van der Waals surface area contributed by atoms with E-state index in [9.17, 15) is 4.79 Å². The van der Waals surface area contributed by atoms with Crippen LogP contribution in [0, 0.1) is 13.8 Å². The summed E-state index contributed by atoms with van der Waals surface area (Å²) in [5.41, 5.74) is 4.13. The van der Waals surface area contributed by atoms with Crippen LogP contribution in [-0.4, -0.2) is 15.9 Å². The highest BCUT2D eigenvalue weighted by atomic mass is 35.5. The zero-order valence-electron chi connectivity index (χ0n) is 13.9. The topological polar surface area (TPSA) is 66.9 Å². The molecule has 126 valence electrons. The first-order chi connectivity index (χ1) is 12.0. The number of carbonyl (C=O) groups excluding carboxylic acids is 1. The van der Waals surface area contributed by atoms with Crippen molar-refractivity contribution in [2.45, 2.75) is 13.8 Å². The van der Waals surface area contributed by atoms with Crippen LogP contribution in [-0.2, 0) is 0 Å². The largest absolute Gasteiger partial charge is 0.340 e. The molecule has 0 unspecified atom stereocenters. The van der Waals surface area contributed by atoms with Gasteiger partial charge in [0.2, 0.25) is 0 Å². The van der Waals surface area contributed by atoms with Crippen molar-refractivity contribution in [2.75, 3.05) is 10.6 Å². The van der Waals surface area contributed by atoms with Gasteiger partial charge in [0, 0.05) is 22.5 Å². The van der Waals surface area contributed by atoms with Crippen molar-refractivity contribution < 1.29 is 4.79 Å². The quantitative estimate of drug-likeness (QED) is 0.711. The molecular weight excluding hydrogens is 336 g/mol. The van der Waals surface area contributed by atoms with E-state index in [1.54, 1.807) is 30.3 Å². The lowest BCUT2D eigenvalue weighted by molar-refractivity contribution is 0.102. The molecule has 0 fully saturated rings. The molecule has 6 heteroatoms. The normalized spacial score (nSPS) is 10.4. The van der Waals surface area contributed by atoms with Crippen molar-refractivity contribution in [2.24, 2.45) is 0 Å². The lowest BCUT2D eigenvalue weighted by atomic mass is 10.1. The smallest absolute Gasteiger partial charge is 0.274 e. The van der Waals surface area contributed by atoms with Crippen LogP contribution in [0.1, 0.15) is 21.6 Å². The van der Waals surface area contributed by atoms with Gasteiger partial charge in [-0.1, -0.05) is 29.8 Å². The molecule has 3 aromatic rings. The summed E-state index contributed by atoms with van der Waals surface area (Å²) in [4.78, 5) is 20.6. The van der Waals surface area contributed by atoms with Gasteiger partial charge in [-0.15, -0.1) is 0 Å². The summed E-state index contributed by atoms with van der Waals surface area (Å²) in [7, 11) is 0. The number of anilines is 3. The van der Waals surface area contributed by atoms with Gasteiger partial charge in [0.05, 0.1) is 0 Å². The minimum absolute atomic E-state index is 0.266. The molecule has 0 aliphatic heterocycles. The molecule has 0 atom stereocenters. The Hall–Kier alpha value is -2.92. The number of hydrogen-bond donors (Lipinski definition) is 2. The highest BCUT2D eigenvalue weighted by Crippen LogP contribution is 2.22. The van der Waals surface area contributed by atoms with E-state index in [0.717, 1.165) is 11.3 Å². The highest BCUT2D eigenvalue weighted by Gasteiger charge is 2.10. The first-order valence-electron chi connectivity index (χ1n) is 7.75. The zero-order chi connectivity index (χ0) is 17.8. The Morgan fingerprint density at radius 3 is 2.64 bits per heavy atom. The molecule has 0 radical (unpaired) electrons. The van der Waals surface area contributed by atoms with Crippen molar-refractivity contribution in [1.29, 1.82) is 0 Å². The van der Waals surface area contributed by atoms with Gasteiger partial charge >= 0.3 is 0 Å². The average Bonchev–Trinajstić information content (AvgIpc) is 2.59. The predicted molar refractivity (Wildman–Crippen MR) is 101 cm³/mol. The van der Waals surface area contributed by atoms with Gasteiger partial charge in [-0.05, 0) is 49.2 Å². The van der Waals surface area contributed by atoms with Crippen LogP contribution in [0.4, 0.5) is 17.2 Å². The molecule has 25 heavy (non-hydrogen) atoms. The number of aryl methyl sites for hydroxylation is 1. The third kappa shape index (κ3) is 4.14. The number of aromatic nitrogens is 2. The van der Waals surface area contributed by atoms with Gasteiger partial charge in [-0.25, -0.2) is 9.97 Å². The minimum Gasteiger partial charge on any atom is -0.340 e. The van der Waals surface area contributed by atoms with E-state index < -0.39 is 0 Å². The van der Waals surface area contributed by atoms with Gasteiger partial charge in [-0.2, -0.15) is 0 Å². The van der Waals surface area contributed by atoms with E-state index in [1.165, 1.54) is 11.9 Å². The number of benzene rings is 2. The minimum atomic E-state index is -0.325. The fraction of sp³-hybridized carbons (Fsp3) is 0.105. The Labute approximate surface area is 151 Å². The highest BCUT2D eigenvalue weighted by molar-refractivity contribution is 6.30. The Morgan fingerprint density at radius 2 is 1.84 bits per heavy atom. The molecule has 3 rings (SSSR count). The fourth-order valence-electron chi connectivity index (χ4n) is 2.34.